The molecule has 0 saturated heterocycles. The van der Waals surface area contributed by atoms with Crippen molar-refractivity contribution < 1.29 is 29.4 Å². The Morgan fingerprint density at radius 3 is 1.28 bits per heavy atom. The molecule has 0 amide bonds. The lowest BCUT2D eigenvalue weighted by Crippen LogP contribution is -2.43. The van der Waals surface area contributed by atoms with E-state index >= 15 is 0 Å². The molecule has 8 heteroatoms. The van der Waals surface area contributed by atoms with Gasteiger partial charge in [-0.2, -0.15) is 0 Å². The first-order valence-corrected chi connectivity index (χ1v) is 5.20. The third kappa shape index (κ3) is 4.60. The highest BCUT2D eigenvalue weighted by Crippen LogP contribution is 2.01. The lowest BCUT2D eigenvalue weighted by atomic mass is 10.0. The molecular weight excluding hydrogens is 244 g/mol. The van der Waals surface area contributed by atoms with E-state index in [4.69, 9.17) is 10.2 Å². The van der Waals surface area contributed by atoms with Crippen molar-refractivity contribution in [3.63, 3.8) is 0 Å². The van der Waals surface area contributed by atoms with E-state index in [-0.39, 0.29) is 12.8 Å². The third-order valence-corrected chi connectivity index (χ3v) is 2.33. The maximum Gasteiger partial charge on any atom is 0.328 e. The molecule has 0 bridgehead atoms. The number of hydrogen-bond donors (Lipinski definition) is 4. The second kappa shape index (κ2) is 7.51. The molecule has 0 radical (unpaired) electrons. The zero-order valence-electron chi connectivity index (χ0n) is 10.1. The van der Waals surface area contributed by atoms with Crippen LogP contribution in [0.3, 0.4) is 0 Å². The Bertz CT molecular complexity index is 320. The molecule has 0 aliphatic rings. The first kappa shape index (κ1) is 16.2. The molecule has 4 N–H and O–H groups in total. The van der Waals surface area contributed by atoms with Crippen LogP contribution < -0.4 is 10.6 Å². The van der Waals surface area contributed by atoms with Gasteiger partial charge in [0.05, 0.1) is 0 Å². The van der Waals surface area contributed by atoms with Crippen LogP contribution in [0.2, 0.25) is 0 Å². The van der Waals surface area contributed by atoms with Gasteiger partial charge in [0.1, 0.15) is 0 Å². The van der Waals surface area contributed by atoms with Crippen LogP contribution in [0, 0.1) is 0 Å². The zero-order chi connectivity index (χ0) is 14.3. The van der Waals surface area contributed by atoms with E-state index in [1.165, 1.54) is 14.1 Å². The number of nitrogens with one attached hydrogen (secondary N) is 2. The van der Waals surface area contributed by atoms with Gasteiger partial charge in [0, 0.05) is 12.8 Å². The smallest absolute Gasteiger partial charge is 0.328 e. The predicted molar refractivity (Wildman–Crippen MR) is 60.2 cm³/mol. The summed E-state index contributed by atoms with van der Waals surface area (Å²) >= 11 is 0. The highest BCUT2D eigenvalue weighted by molar-refractivity contribution is 6.06. The Kier molecular flexibility index (Phi) is 6.76. The highest BCUT2D eigenvalue weighted by Gasteiger charge is 2.28. The van der Waals surface area contributed by atoms with Gasteiger partial charge in [0.2, 0.25) is 0 Å². The minimum absolute atomic E-state index is 0.317. The number of carbonyl (C=O) groups excluding carboxylic acids is 2. The van der Waals surface area contributed by atoms with Gasteiger partial charge in [0.15, 0.2) is 23.7 Å². The molecule has 102 valence electrons. The average molecular weight is 260 g/mol. The van der Waals surface area contributed by atoms with Crippen LogP contribution in [0.15, 0.2) is 0 Å². The van der Waals surface area contributed by atoms with Crippen molar-refractivity contribution in [1.29, 1.82) is 0 Å². The van der Waals surface area contributed by atoms with E-state index in [1.54, 1.807) is 0 Å². The number of ketones is 2. The molecule has 0 aromatic heterocycles. The van der Waals surface area contributed by atoms with Gasteiger partial charge in [-0.25, -0.2) is 0 Å². The predicted octanol–water partition coefficient (Wildman–Crippen LogP) is -1.75. The monoisotopic (exact) mass is 260 g/mol. The number of hydrogen-bond acceptors (Lipinski definition) is 6. The van der Waals surface area contributed by atoms with Crippen LogP contribution in [0.1, 0.15) is 12.8 Å². The van der Waals surface area contributed by atoms with Gasteiger partial charge >= 0.3 is 11.9 Å². The van der Waals surface area contributed by atoms with Crippen molar-refractivity contribution in [2.24, 2.45) is 0 Å². The summed E-state index contributed by atoms with van der Waals surface area (Å²) in [5, 5.41) is 22.0. The van der Waals surface area contributed by atoms with E-state index in [0.29, 0.717) is 0 Å². The van der Waals surface area contributed by atoms with Gasteiger partial charge in [-0.15, -0.1) is 0 Å². The Hall–Kier alpha value is -1.80. The molecule has 0 aromatic rings. The molecule has 0 fully saturated rings. The van der Waals surface area contributed by atoms with Crippen LogP contribution in [-0.4, -0.2) is 59.9 Å². The van der Waals surface area contributed by atoms with Crippen LogP contribution >= 0.6 is 0 Å². The van der Waals surface area contributed by atoms with Gasteiger partial charge < -0.3 is 20.8 Å². The van der Waals surface area contributed by atoms with Gasteiger partial charge in [-0.05, 0) is 14.1 Å². The highest BCUT2D eigenvalue weighted by atomic mass is 16.4. The minimum Gasteiger partial charge on any atom is -0.480 e. The molecule has 8 nitrogen and oxygen atoms in total. The standard InChI is InChI=1S/C10H16N2O6/c1-11-7(9(15)16)5(13)3-4-6(14)8(12-2)10(17)18/h7-8,11-12H,3-4H2,1-2H3,(H,15,16)(H,17,18). The number of aliphatic carboxylic acids is 2. The van der Waals surface area contributed by atoms with Gasteiger partial charge in [-0.1, -0.05) is 0 Å². The second-order valence-corrected chi connectivity index (χ2v) is 3.55. The maximum atomic E-state index is 11.4. The molecule has 0 aliphatic carbocycles. The first-order chi connectivity index (χ1) is 8.34. The summed E-state index contributed by atoms with van der Waals surface area (Å²) in [7, 11) is 2.62. The Morgan fingerprint density at radius 1 is 0.833 bits per heavy atom. The summed E-state index contributed by atoms with van der Waals surface area (Å²) in [6.07, 6.45) is -0.635. The number of carbonyl (C=O) groups is 4. The minimum atomic E-state index is -1.38. The van der Waals surface area contributed by atoms with Crippen LogP contribution in [-0.2, 0) is 19.2 Å². The quantitative estimate of drug-likeness (QED) is 0.359. The molecule has 0 heterocycles. The molecule has 0 aromatic carbocycles. The van der Waals surface area contributed by atoms with Crippen molar-refractivity contribution >= 4 is 23.5 Å². The second-order valence-electron chi connectivity index (χ2n) is 3.55. The number of rotatable bonds is 9. The van der Waals surface area contributed by atoms with Crippen molar-refractivity contribution in [1.82, 2.24) is 10.6 Å². The molecule has 0 saturated carbocycles. The summed E-state index contributed by atoms with van der Waals surface area (Å²) < 4.78 is 0. The molecule has 0 spiro atoms. The Labute approximate surface area is 103 Å². The number of Topliss-reactive ketones (excluding diaryl/α,β-unsaturated/α-hetero) is 2. The van der Waals surface area contributed by atoms with Crippen LogP contribution in [0.4, 0.5) is 0 Å². The Balaban J connectivity index is 4.40. The van der Waals surface area contributed by atoms with Crippen molar-refractivity contribution in [2.45, 2.75) is 24.9 Å². The van der Waals surface area contributed by atoms with Crippen molar-refractivity contribution in [3.05, 3.63) is 0 Å². The molecule has 2 atom stereocenters. The SMILES string of the molecule is CNC(C(=O)O)C(=O)CCC(=O)C(NC)C(=O)O. The van der Waals surface area contributed by atoms with E-state index in [9.17, 15) is 19.2 Å². The maximum absolute atomic E-state index is 11.4. The summed E-state index contributed by atoms with van der Waals surface area (Å²) in [4.78, 5) is 44.2. The van der Waals surface area contributed by atoms with Crippen molar-refractivity contribution in [2.75, 3.05) is 14.1 Å². The van der Waals surface area contributed by atoms with Crippen molar-refractivity contribution in [3.8, 4) is 0 Å². The molecular formula is C10H16N2O6. The number of carboxylic acid groups (broad SMARTS) is 2. The average Bonchev–Trinajstić information content (AvgIpc) is 2.27. The fourth-order valence-corrected chi connectivity index (χ4v) is 1.38. The van der Waals surface area contributed by atoms with E-state index in [0.717, 1.165) is 0 Å². The van der Waals surface area contributed by atoms with E-state index < -0.39 is 35.6 Å². The fraction of sp³-hybridized carbons (Fsp3) is 0.600. The lowest BCUT2D eigenvalue weighted by molar-refractivity contribution is -0.146. The summed E-state index contributed by atoms with van der Waals surface area (Å²) in [5.41, 5.74) is 0. The number of carboxylic acids is 2. The summed E-state index contributed by atoms with van der Waals surface area (Å²) in [5.74, 6) is -4.01. The van der Waals surface area contributed by atoms with Gasteiger partial charge in [-0.3, -0.25) is 19.2 Å². The largest absolute Gasteiger partial charge is 0.480 e. The first-order valence-electron chi connectivity index (χ1n) is 5.20. The zero-order valence-corrected chi connectivity index (χ0v) is 10.1. The molecule has 18 heavy (non-hydrogen) atoms. The van der Waals surface area contributed by atoms with Crippen LogP contribution in [0.5, 0.6) is 0 Å². The topological polar surface area (TPSA) is 133 Å². The molecule has 0 aliphatic heterocycles. The fourth-order valence-electron chi connectivity index (χ4n) is 1.38. The van der Waals surface area contributed by atoms with Gasteiger partial charge in [0.25, 0.3) is 0 Å². The van der Waals surface area contributed by atoms with E-state index in [2.05, 4.69) is 10.6 Å². The third-order valence-electron chi connectivity index (χ3n) is 2.33. The Morgan fingerprint density at radius 2 is 1.11 bits per heavy atom. The number of likely N-dealkylation sites (N-methyl/N-ethyl adjacent to an activating group) is 2. The lowest BCUT2D eigenvalue weighted by Gasteiger charge is -2.11. The normalized spacial score (nSPS) is 13.7. The van der Waals surface area contributed by atoms with E-state index in [1.807, 2.05) is 0 Å². The van der Waals surface area contributed by atoms with Crippen LogP contribution in [0.25, 0.3) is 0 Å². The summed E-state index contributed by atoms with van der Waals surface area (Å²) in [6, 6.07) is -2.76. The molecule has 2 unspecified atom stereocenters. The molecule has 0 rings (SSSR count). The summed E-state index contributed by atoms with van der Waals surface area (Å²) in [6.45, 7) is 0.